The molecule has 0 saturated heterocycles. The predicted octanol–water partition coefficient (Wildman–Crippen LogP) is 4.49. The highest BCUT2D eigenvalue weighted by molar-refractivity contribution is 6.30. The molecule has 0 aromatic heterocycles. The Kier molecular flexibility index (Phi) is 5.82. The molecule has 0 atom stereocenters. The number of anilines is 2. The molecule has 0 unspecified atom stereocenters. The van der Waals surface area contributed by atoms with Crippen LogP contribution in [0, 0.1) is 0 Å². The fourth-order valence-electron chi connectivity index (χ4n) is 1.84. The van der Waals surface area contributed by atoms with Crippen molar-refractivity contribution in [1.82, 2.24) is 0 Å². The summed E-state index contributed by atoms with van der Waals surface area (Å²) in [6.45, 7) is 0. The lowest BCUT2D eigenvalue weighted by Crippen LogP contribution is -2.29. The van der Waals surface area contributed by atoms with Gasteiger partial charge in [-0.25, -0.2) is 0 Å². The van der Waals surface area contributed by atoms with Crippen LogP contribution in [0.4, 0.5) is 24.5 Å². The second-order valence-electron chi connectivity index (χ2n) is 4.91. The molecule has 2 aromatic carbocycles. The minimum absolute atomic E-state index is 0.0843. The zero-order valence-corrected chi connectivity index (χ0v) is 13.4. The number of carbonyl (C=O) groups is 2. The fraction of sp³-hybridized carbons (Fsp3) is 0.0588. The molecule has 130 valence electrons. The van der Waals surface area contributed by atoms with E-state index in [-0.39, 0.29) is 11.4 Å². The van der Waals surface area contributed by atoms with Gasteiger partial charge in [-0.3, -0.25) is 9.59 Å². The molecule has 25 heavy (non-hydrogen) atoms. The monoisotopic (exact) mass is 368 g/mol. The van der Waals surface area contributed by atoms with Crippen molar-refractivity contribution in [2.45, 2.75) is 6.18 Å². The summed E-state index contributed by atoms with van der Waals surface area (Å²) in [7, 11) is 0. The Morgan fingerprint density at radius 2 is 1.60 bits per heavy atom. The minimum atomic E-state index is -4.99. The molecule has 0 heterocycles. The van der Waals surface area contributed by atoms with Gasteiger partial charge in [-0.2, -0.15) is 13.2 Å². The van der Waals surface area contributed by atoms with Crippen LogP contribution < -0.4 is 10.6 Å². The normalized spacial score (nSPS) is 11.4. The number of halogens is 4. The van der Waals surface area contributed by atoms with E-state index in [9.17, 15) is 22.8 Å². The Morgan fingerprint density at radius 3 is 2.24 bits per heavy atom. The van der Waals surface area contributed by atoms with Crippen LogP contribution in [0.25, 0.3) is 6.08 Å². The molecule has 2 N–H and O–H groups in total. The summed E-state index contributed by atoms with van der Waals surface area (Å²) < 4.78 is 36.7. The van der Waals surface area contributed by atoms with Crippen molar-refractivity contribution < 1.29 is 22.8 Å². The van der Waals surface area contributed by atoms with E-state index in [1.165, 1.54) is 36.4 Å². The van der Waals surface area contributed by atoms with Crippen LogP contribution in [0.1, 0.15) is 5.56 Å². The maximum atomic E-state index is 12.2. The molecule has 2 amide bonds. The number of nitrogens with one attached hydrogen (secondary N) is 2. The van der Waals surface area contributed by atoms with Gasteiger partial charge in [0.15, 0.2) is 0 Å². The number of hydrogen-bond acceptors (Lipinski definition) is 2. The molecule has 0 fully saturated rings. The first kappa shape index (κ1) is 18.5. The first-order valence-electron chi connectivity index (χ1n) is 6.97. The second kappa shape index (κ2) is 7.85. The molecule has 2 aromatic rings. The van der Waals surface area contributed by atoms with Gasteiger partial charge in [0.25, 0.3) is 0 Å². The molecule has 0 radical (unpaired) electrons. The van der Waals surface area contributed by atoms with Gasteiger partial charge in [0.2, 0.25) is 5.91 Å². The summed E-state index contributed by atoms with van der Waals surface area (Å²) in [5.41, 5.74) is 0.869. The van der Waals surface area contributed by atoms with E-state index in [0.717, 1.165) is 0 Å². The second-order valence-corrected chi connectivity index (χ2v) is 5.35. The largest absolute Gasteiger partial charge is 0.471 e. The summed E-state index contributed by atoms with van der Waals surface area (Å²) in [5, 5.41) is 4.72. The van der Waals surface area contributed by atoms with Crippen molar-refractivity contribution >= 4 is 40.9 Å². The number of amides is 2. The van der Waals surface area contributed by atoms with Gasteiger partial charge in [-0.05, 0) is 42.0 Å². The minimum Gasteiger partial charge on any atom is -0.322 e. The quantitative estimate of drug-likeness (QED) is 0.781. The van der Waals surface area contributed by atoms with Crippen LogP contribution in [0.3, 0.4) is 0 Å². The number of carbonyl (C=O) groups excluding carboxylic acids is 2. The topological polar surface area (TPSA) is 58.2 Å². The lowest BCUT2D eigenvalue weighted by atomic mass is 10.2. The van der Waals surface area contributed by atoms with E-state index in [1.54, 1.807) is 29.6 Å². The van der Waals surface area contributed by atoms with Gasteiger partial charge >= 0.3 is 12.1 Å². The highest BCUT2D eigenvalue weighted by atomic mass is 35.5. The number of rotatable bonds is 4. The van der Waals surface area contributed by atoms with E-state index in [1.807, 2.05) is 0 Å². The molecule has 0 aliphatic carbocycles. The summed E-state index contributed by atoms with van der Waals surface area (Å²) in [4.78, 5) is 22.8. The number of benzene rings is 2. The molecule has 0 spiro atoms. The van der Waals surface area contributed by atoms with Crippen molar-refractivity contribution in [3.05, 3.63) is 65.2 Å². The van der Waals surface area contributed by atoms with Crippen LogP contribution in [-0.4, -0.2) is 18.0 Å². The van der Waals surface area contributed by atoms with Crippen LogP contribution in [-0.2, 0) is 9.59 Å². The summed E-state index contributed by atoms with van der Waals surface area (Å²) in [6.07, 6.45) is -2.19. The smallest absolute Gasteiger partial charge is 0.322 e. The van der Waals surface area contributed by atoms with E-state index >= 15 is 0 Å². The van der Waals surface area contributed by atoms with Crippen molar-refractivity contribution in [3.63, 3.8) is 0 Å². The Bertz CT molecular complexity index is 820. The van der Waals surface area contributed by atoms with Crippen molar-refractivity contribution in [3.8, 4) is 0 Å². The number of alkyl halides is 3. The first-order chi connectivity index (χ1) is 11.7. The lowest BCUT2D eigenvalue weighted by Gasteiger charge is -2.09. The SMILES string of the molecule is O=C(/C=C/c1cccc(Cl)c1)Nc1cccc(NC(=O)C(F)(F)F)c1. The standard InChI is InChI=1S/C17H12ClF3N2O2/c18-12-4-1-3-11(9-12)7-8-15(24)22-13-5-2-6-14(10-13)23-16(25)17(19,20)21/h1-10H,(H,22,24)(H,23,25)/b8-7+. The average molecular weight is 369 g/mol. The van der Waals surface area contributed by atoms with Crippen LogP contribution in [0.15, 0.2) is 54.6 Å². The molecule has 0 aliphatic heterocycles. The van der Waals surface area contributed by atoms with Gasteiger partial charge in [0.1, 0.15) is 0 Å². The van der Waals surface area contributed by atoms with E-state index in [2.05, 4.69) is 5.32 Å². The molecule has 0 saturated carbocycles. The highest BCUT2D eigenvalue weighted by Gasteiger charge is 2.38. The van der Waals surface area contributed by atoms with Crippen molar-refractivity contribution in [1.29, 1.82) is 0 Å². The average Bonchev–Trinajstić information content (AvgIpc) is 2.52. The number of hydrogen-bond donors (Lipinski definition) is 2. The van der Waals surface area contributed by atoms with Gasteiger partial charge < -0.3 is 10.6 Å². The van der Waals surface area contributed by atoms with E-state index in [4.69, 9.17) is 11.6 Å². The maximum absolute atomic E-state index is 12.2. The molecule has 0 bridgehead atoms. The maximum Gasteiger partial charge on any atom is 0.471 e. The van der Waals surface area contributed by atoms with Crippen molar-refractivity contribution in [2.75, 3.05) is 10.6 Å². The third kappa shape index (κ3) is 5.96. The van der Waals surface area contributed by atoms with Gasteiger partial charge in [0, 0.05) is 22.5 Å². The Labute approximate surface area is 146 Å². The van der Waals surface area contributed by atoms with Crippen molar-refractivity contribution in [2.24, 2.45) is 0 Å². The predicted molar refractivity (Wildman–Crippen MR) is 90.2 cm³/mol. The zero-order chi connectivity index (χ0) is 18.4. The summed E-state index contributed by atoms with van der Waals surface area (Å²) >= 11 is 5.83. The molecule has 8 heteroatoms. The Balaban J connectivity index is 2.01. The van der Waals surface area contributed by atoms with E-state index in [0.29, 0.717) is 10.6 Å². The fourth-order valence-corrected chi connectivity index (χ4v) is 2.04. The molecule has 4 nitrogen and oxygen atoms in total. The summed E-state index contributed by atoms with van der Waals surface area (Å²) in [6, 6.07) is 12.2. The molecular formula is C17H12ClF3N2O2. The van der Waals surface area contributed by atoms with Crippen LogP contribution >= 0.6 is 11.6 Å². The van der Waals surface area contributed by atoms with E-state index < -0.39 is 18.0 Å². The Morgan fingerprint density at radius 1 is 0.960 bits per heavy atom. The third-order valence-corrected chi connectivity index (χ3v) is 3.16. The van der Waals surface area contributed by atoms with Crippen LogP contribution in [0.5, 0.6) is 0 Å². The zero-order valence-electron chi connectivity index (χ0n) is 12.6. The van der Waals surface area contributed by atoms with Gasteiger partial charge in [0.05, 0.1) is 0 Å². The molecule has 2 rings (SSSR count). The molecular weight excluding hydrogens is 357 g/mol. The van der Waals surface area contributed by atoms with Gasteiger partial charge in [-0.15, -0.1) is 0 Å². The van der Waals surface area contributed by atoms with Crippen LogP contribution in [0.2, 0.25) is 5.02 Å². The third-order valence-electron chi connectivity index (χ3n) is 2.92. The Hall–Kier alpha value is -2.80. The first-order valence-corrected chi connectivity index (χ1v) is 7.35. The van der Waals surface area contributed by atoms with Gasteiger partial charge in [-0.1, -0.05) is 29.8 Å². The highest BCUT2D eigenvalue weighted by Crippen LogP contribution is 2.20. The molecule has 0 aliphatic rings. The lowest BCUT2D eigenvalue weighted by molar-refractivity contribution is -0.167. The summed E-state index contributed by atoms with van der Waals surface area (Å²) in [5.74, 6) is -2.57.